The third-order valence-corrected chi connectivity index (χ3v) is 6.73. The molecule has 196 valence electrons. The van der Waals surface area contributed by atoms with Gasteiger partial charge in [0.05, 0.1) is 30.3 Å². The molecule has 1 aliphatic carbocycles. The van der Waals surface area contributed by atoms with Crippen LogP contribution in [0.15, 0.2) is 36.4 Å². The Morgan fingerprint density at radius 3 is 2.19 bits per heavy atom. The number of carbonyl (C=O) groups is 2. The first-order valence-electron chi connectivity index (χ1n) is 12.8. The summed E-state index contributed by atoms with van der Waals surface area (Å²) < 4.78 is 32.7. The Kier molecular flexibility index (Phi) is 9.09. The second-order valence-corrected chi connectivity index (χ2v) is 10.7. The molecule has 0 spiro atoms. The lowest BCUT2D eigenvalue weighted by Gasteiger charge is -2.32. The van der Waals surface area contributed by atoms with E-state index in [0.717, 1.165) is 49.3 Å². The van der Waals surface area contributed by atoms with Crippen molar-refractivity contribution >= 4 is 23.3 Å². The molecule has 5 nitrogen and oxygen atoms in total. The zero-order valence-electron chi connectivity index (χ0n) is 22.0. The molecular formula is C29H38F2N2O3. The number of esters is 1. The van der Waals surface area contributed by atoms with Crippen LogP contribution >= 0.6 is 0 Å². The van der Waals surface area contributed by atoms with Crippen molar-refractivity contribution in [3.05, 3.63) is 59.2 Å². The Bertz CT molecular complexity index is 1070. The highest BCUT2D eigenvalue weighted by Crippen LogP contribution is 2.44. The number of hydrogen-bond acceptors (Lipinski definition) is 4. The summed E-state index contributed by atoms with van der Waals surface area (Å²) >= 11 is 0. The lowest BCUT2D eigenvalue weighted by Crippen LogP contribution is -2.35. The fourth-order valence-electron chi connectivity index (χ4n) is 5.18. The average Bonchev–Trinajstić information content (AvgIpc) is 3.30. The van der Waals surface area contributed by atoms with Crippen LogP contribution < -0.4 is 10.2 Å². The van der Waals surface area contributed by atoms with E-state index in [4.69, 9.17) is 4.74 Å². The Balaban J connectivity index is 2.03. The number of rotatable bonds is 10. The number of carbonyl (C=O) groups excluding carboxylic acids is 2. The summed E-state index contributed by atoms with van der Waals surface area (Å²) in [6.07, 6.45) is 3.00. The number of methoxy groups -OCH3 is 1. The lowest BCUT2D eigenvalue weighted by molar-refractivity contribution is -0.147. The molecule has 1 fully saturated rings. The van der Waals surface area contributed by atoms with Crippen molar-refractivity contribution in [2.45, 2.75) is 65.2 Å². The van der Waals surface area contributed by atoms with Crippen LogP contribution in [0.1, 0.15) is 64.5 Å². The van der Waals surface area contributed by atoms with Crippen molar-refractivity contribution in [2.24, 2.45) is 11.8 Å². The maximum atomic E-state index is 14.2. The van der Waals surface area contributed by atoms with Gasteiger partial charge in [0.1, 0.15) is 11.6 Å². The number of benzene rings is 2. The highest BCUT2D eigenvalue weighted by Gasteiger charge is 2.44. The van der Waals surface area contributed by atoms with Crippen molar-refractivity contribution in [2.75, 3.05) is 30.4 Å². The molecule has 1 aliphatic rings. The minimum atomic E-state index is -0.754. The van der Waals surface area contributed by atoms with Crippen LogP contribution in [-0.2, 0) is 26.2 Å². The van der Waals surface area contributed by atoms with Crippen LogP contribution in [-0.4, -0.2) is 32.1 Å². The van der Waals surface area contributed by atoms with Crippen LogP contribution in [0.3, 0.4) is 0 Å². The van der Waals surface area contributed by atoms with Gasteiger partial charge in [0, 0.05) is 19.2 Å². The van der Waals surface area contributed by atoms with E-state index in [1.54, 1.807) is 0 Å². The van der Waals surface area contributed by atoms with Gasteiger partial charge in [-0.3, -0.25) is 9.59 Å². The van der Waals surface area contributed by atoms with Crippen LogP contribution in [0.25, 0.3) is 0 Å². The van der Waals surface area contributed by atoms with Gasteiger partial charge in [-0.05, 0) is 54.0 Å². The monoisotopic (exact) mass is 500 g/mol. The zero-order valence-corrected chi connectivity index (χ0v) is 22.0. The van der Waals surface area contributed by atoms with Crippen LogP contribution in [0, 0.1) is 23.5 Å². The molecule has 0 radical (unpaired) electrons. The van der Waals surface area contributed by atoms with E-state index in [0.29, 0.717) is 30.4 Å². The predicted octanol–water partition coefficient (Wildman–Crippen LogP) is 6.25. The van der Waals surface area contributed by atoms with Crippen LogP contribution in [0.2, 0.25) is 0 Å². The predicted molar refractivity (Wildman–Crippen MR) is 139 cm³/mol. The van der Waals surface area contributed by atoms with Crippen molar-refractivity contribution in [3.8, 4) is 0 Å². The molecule has 3 rings (SSSR count). The number of anilines is 2. The molecule has 0 aromatic heterocycles. The third-order valence-electron chi connectivity index (χ3n) is 6.73. The molecule has 0 aliphatic heterocycles. The molecule has 0 atom stereocenters. The molecule has 2 aromatic rings. The summed E-state index contributed by atoms with van der Waals surface area (Å²) in [4.78, 5) is 28.2. The molecule has 0 bridgehead atoms. The third kappa shape index (κ3) is 6.42. The number of halogens is 2. The summed E-state index contributed by atoms with van der Waals surface area (Å²) in [5.41, 5.74) is 1.63. The Labute approximate surface area is 213 Å². The fraction of sp³-hybridized carbons (Fsp3) is 0.517. The number of hydrogen-bond donors (Lipinski definition) is 1. The standard InChI is InChI=1S/C29H38F2N2O3/c1-19(2)17-33(18-20(3)4)26-11-9-22(29(28(35)36-5)12-6-7-13-29)15-25(26)32-27(34)14-21-8-10-23(30)16-24(21)31/h8-11,15-16,19-20H,6-7,12-14,17-18H2,1-5H3,(H,32,34). The van der Waals surface area contributed by atoms with Gasteiger partial charge in [0.15, 0.2) is 0 Å². The van der Waals surface area contributed by atoms with Crippen LogP contribution in [0.4, 0.5) is 20.2 Å². The number of nitrogens with one attached hydrogen (secondary N) is 1. The molecule has 1 saturated carbocycles. The highest BCUT2D eigenvalue weighted by atomic mass is 19.1. The van der Waals surface area contributed by atoms with Gasteiger partial charge < -0.3 is 15.0 Å². The first-order valence-corrected chi connectivity index (χ1v) is 12.8. The normalized spacial score (nSPS) is 14.8. The van der Waals surface area contributed by atoms with Crippen molar-refractivity contribution < 1.29 is 23.1 Å². The highest BCUT2D eigenvalue weighted by molar-refractivity contribution is 5.96. The largest absolute Gasteiger partial charge is 0.468 e. The van der Waals surface area contributed by atoms with Crippen molar-refractivity contribution in [1.29, 1.82) is 0 Å². The van der Waals surface area contributed by atoms with E-state index in [1.807, 2.05) is 18.2 Å². The maximum absolute atomic E-state index is 14.2. The molecule has 2 aromatic carbocycles. The maximum Gasteiger partial charge on any atom is 0.316 e. The number of nitrogens with zero attached hydrogens (tertiary/aromatic N) is 1. The minimum absolute atomic E-state index is 0.120. The smallest absolute Gasteiger partial charge is 0.316 e. The van der Waals surface area contributed by atoms with Gasteiger partial charge in [-0.25, -0.2) is 8.78 Å². The first kappa shape index (κ1) is 27.6. The van der Waals surface area contributed by atoms with Gasteiger partial charge >= 0.3 is 5.97 Å². The van der Waals surface area contributed by atoms with Gasteiger partial charge in [-0.2, -0.15) is 0 Å². The average molecular weight is 501 g/mol. The summed E-state index contributed by atoms with van der Waals surface area (Å²) in [6, 6.07) is 9.03. The zero-order chi connectivity index (χ0) is 26.5. The van der Waals surface area contributed by atoms with E-state index in [9.17, 15) is 18.4 Å². The van der Waals surface area contributed by atoms with E-state index in [2.05, 4.69) is 37.9 Å². The summed E-state index contributed by atoms with van der Waals surface area (Å²) in [5, 5.41) is 2.97. The molecule has 0 heterocycles. The lowest BCUT2D eigenvalue weighted by atomic mass is 9.78. The molecule has 0 unspecified atom stereocenters. The Morgan fingerprint density at radius 2 is 1.64 bits per heavy atom. The molecule has 7 heteroatoms. The number of amides is 1. The van der Waals surface area contributed by atoms with Gasteiger partial charge in [-0.15, -0.1) is 0 Å². The SMILES string of the molecule is COC(=O)C1(c2ccc(N(CC(C)C)CC(C)C)c(NC(=O)Cc3ccc(F)cc3F)c2)CCCC1. The van der Waals surface area contributed by atoms with Gasteiger partial charge in [-0.1, -0.05) is 52.7 Å². The Morgan fingerprint density at radius 1 is 1.00 bits per heavy atom. The molecule has 36 heavy (non-hydrogen) atoms. The van der Waals surface area contributed by atoms with Gasteiger partial charge in [0.2, 0.25) is 5.91 Å². The van der Waals surface area contributed by atoms with Gasteiger partial charge in [0.25, 0.3) is 0 Å². The second kappa shape index (κ2) is 11.8. The Hall–Kier alpha value is -2.96. The minimum Gasteiger partial charge on any atom is -0.468 e. The van der Waals surface area contributed by atoms with Crippen molar-refractivity contribution in [3.63, 3.8) is 0 Å². The first-order chi connectivity index (χ1) is 17.1. The summed E-state index contributed by atoms with van der Waals surface area (Å²) in [5.74, 6) is -1.34. The quantitative estimate of drug-likeness (QED) is 0.392. The summed E-state index contributed by atoms with van der Waals surface area (Å²) in [6.45, 7) is 10.1. The number of ether oxygens (including phenoxy) is 1. The summed E-state index contributed by atoms with van der Waals surface area (Å²) in [7, 11) is 1.41. The van der Waals surface area contributed by atoms with Crippen LogP contribution in [0.5, 0.6) is 0 Å². The van der Waals surface area contributed by atoms with Crippen molar-refractivity contribution in [1.82, 2.24) is 0 Å². The topological polar surface area (TPSA) is 58.6 Å². The van der Waals surface area contributed by atoms with E-state index in [1.165, 1.54) is 13.2 Å². The van der Waals surface area contributed by atoms with E-state index >= 15 is 0 Å². The molecule has 0 saturated heterocycles. The van der Waals surface area contributed by atoms with E-state index in [-0.39, 0.29) is 18.0 Å². The fourth-order valence-corrected chi connectivity index (χ4v) is 5.18. The molecule has 1 N–H and O–H groups in total. The molecule has 1 amide bonds. The van der Waals surface area contributed by atoms with E-state index < -0.39 is 23.0 Å². The molecular weight excluding hydrogens is 462 g/mol. The second-order valence-electron chi connectivity index (χ2n) is 10.7.